The van der Waals surface area contributed by atoms with Gasteiger partial charge in [0.15, 0.2) is 15.0 Å². The van der Waals surface area contributed by atoms with Gasteiger partial charge in [-0.25, -0.2) is 8.42 Å². The van der Waals surface area contributed by atoms with Crippen LogP contribution in [-0.4, -0.2) is 47.2 Å². The summed E-state index contributed by atoms with van der Waals surface area (Å²) >= 11 is 8.89. The molecule has 2 fully saturated rings. The number of thiophene rings is 1. The molecule has 5 nitrogen and oxygen atoms in total. The van der Waals surface area contributed by atoms with Crippen LogP contribution >= 0.6 is 34.7 Å². The lowest BCUT2D eigenvalue weighted by Crippen LogP contribution is -2.37. The van der Waals surface area contributed by atoms with Crippen LogP contribution in [0.1, 0.15) is 10.4 Å². The quantitative estimate of drug-likeness (QED) is 0.730. The number of rotatable bonds is 4. The highest BCUT2D eigenvalue weighted by Gasteiger charge is 2.48. The summed E-state index contributed by atoms with van der Waals surface area (Å²) in [6, 6.07) is 11.1. The van der Waals surface area contributed by atoms with Crippen molar-refractivity contribution in [1.29, 1.82) is 0 Å². The number of sulfone groups is 1. The van der Waals surface area contributed by atoms with E-state index in [-0.39, 0.29) is 35.1 Å². The molecule has 0 radical (unpaired) electrons. The van der Waals surface area contributed by atoms with E-state index in [1.807, 2.05) is 46.7 Å². The number of fused-ring (bicyclic) bond motifs is 1. The number of amides is 1. The van der Waals surface area contributed by atoms with Gasteiger partial charge < -0.3 is 4.90 Å². The molecular formula is C18H17ClN2O3S3. The Morgan fingerprint density at radius 2 is 2.00 bits per heavy atom. The number of carbonyl (C=O) groups is 1. The van der Waals surface area contributed by atoms with Crippen LogP contribution < -0.4 is 0 Å². The number of hydrogen-bond acceptors (Lipinski definition) is 5. The zero-order valence-electron chi connectivity index (χ0n) is 14.2. The van der Waals surface area contributed by atoms with Gasteiger partial charge in [-0.05, 0) is 29.1 Å². The first kappa shape index (κ1) is 19.0. The molecule has 1 aromatic heterocycles. The van der Waals surface area contributed by atoms with Crippen LogP contribution in [0, 0.1) is 0 Å². The molecule has 0 aliphatic carbocycles. The van der Waals surface area contributed by atoms with Gasteiger partial charge in [0, 0.05) is 21.7 Å². The maximum Gasteiger partial charge on any atom is 0.253 e. The van der Waals surface area contributed by atoms with Gasteiger partial charge in [-0.1, -0.05) is 41.6 Å². The first-order chi connectivity index (χ1) is 12.9. The fourth-order valence-corrected chi connectivity index (χ4v) is 8.11. The summed E-state index contributed by atoms with van der Waals surface area (Å²) in [5.41, 5.74) is 1.00. The molecule has 2 atom stereocenters. The van der Waals surface area contributed by atoms with Gasteiger partial charge in [0.1, 0.15) is 0 Å². The van der Waals surface area contributed by atoms with Crippen LogP contribution in [-0.2, 0) is 27.6 Å². The smallest absolute Gasteiger partial charge is 0.253 e. The van der Waals surface area contributed by atoms with E-state index >= 15 is 0 Å². The Morgan fingerprint density at radius 1 is 1.22 bits per heavy atom. The summed E-state index contributed by atoms with van der Waals surface area (Å²) in [7, 11) is -3.05. The average molecular weight is 441 g/mol. The average Bonchev–Trinajstić information content (AvgIpc) is 3.27. The van der Waals surface area contributed by atoms with Crippen LogP contribution in [0.25, 0.3) is 0 Å². The largest absolute Gasteiger partial charge is 0.342 e. The van der Waals surface area contributed by atoms with E-state index in [4.69, 9.17) is 11.6 Å². The molecule has 4 rings (SSSR count). The number of nitrogens with zero attached hydrogens (tertiary/aromatic N) is 2. The Bertz CT molecular complexity index is 972. The van der Waals surface area contributed by atoms with E-state index < -0.39 is 9.84 Å². The lowest BCUT2D eigenvalue weighted by molar-refractivity contribution is -0.117. The number of benzene rings is 1. The number of carbonyl (C=O) groups excluding carboxylic acids is 1. The fraction of sp³-hybridized carbons (Fsp3) is 0.333. The second-order valence-electron chi connectivity index (χ2n) is 6.60. The fourth-order valence-electron chi connectivity index (χ4n) is 3.32. The predicted molar refractivity (Wildman–Crippen MR) is 111 cm³/mol. The predicted octanol–water partition coefficient (Wildman–Crippen LogP) is 3.24. The zero-order chi connectivity index (χ0) is 19.0. The van der Waals surface area contributed by atoms with Gasteiger partial charge in [-0.3, -0.25) is 4.79 Å². The molecular weight excluding hydrogens is 424 g/mol. The van der Waals surface area contributed by atoms with E-state index in [1.165, 1.54) is 23.1 Å². The third kappa shape index (κ3) is 4.39. The summed E-state index contributed by atoms with van der Waals surface area (Å²) in [4.78, 5) is 19.7. The van der Waals surface area contributed by atoms with E-state index in [2.05, 4.69) is 4.99 Å². The first-order valence-corrected chi connectivity index (χ1v) is 12.4. The van der Waals surface area contributed by atoms with Crippen molar-refractivity contribution in [3.63, 3.8) is 0 Å². The van der Waals surface area contributed by atoms with Gasteiger partial charge >= 0.3 is 0 Å². The molecule has 3 heterocycles. The van der Waals surface area contributed by atoms with Crippen molar-refractivity contribution in [2.45, 2.75) is 24.3 Å². The third-order valence-electron chi connectivity index (χ3n) is 4.57. The SMILES string of the molecule is O=C(Cc1cccs1)N=C1SC2CS(=O)(=O)CC2N1Cc1ccc(Cl)cc1. The van der Waals surface area contributed by atoms with E-state index in [0.717, 1.165) is 10.4 Å². The Labute approximate surface area is 171 Å². The number of amidine groups is 1. The summed E-state index contributed by atoms with van der Waals surface area (Å²) in [5.74, 6) is 0.0393. The first-order valence-electron chi connectivity index (χ1n) is 8.42. The Hall–Kier alpha value is -1.35. The number of thioether (sulfide) groups is 1. The Balaban J connectivity index is 1.58. The molecule has 0 N–H and O–H groups in total. The molecule has 2 aliphatic heterocycles. The van der Waals surface area contributed by atoms with Gasteiger partial charge in [0.05, 0.1) is 24.0 Å². The van der Waals surface area contributed by atoms with Crippen LogP contribution in [0.15, 0.2) is 46.8 Å². The highest BCUT2D eigenvalue weighted by atomic mass is 35.5. The van der Waals surface area contributed by atoms with Crippen molar-refractivity contribution in [3.8, 4) is 0 Å². The second-order valence-corrected chi connectivity index (χ2v) is 11.4. The Morgan fingerprint density at radius 3 is 2.70 bits per heavy atom. The maximum absolute atomic E-state index is 12.4. The minimum absolute atomic E-state index is 0.0735. The molecule has 2 unspecified atom stereocenters. The minimum atomic E-state index is -3.05. The standard InChI is InChI=1S/C18H17ClN2O3S3/c19-13-5-3-12(4-6-13)9-21-15-10-27(23,24)11-16(15)26-18(21)20-17(22)8-14-2-1-7-25-14/h1-7,15-16H,8-11H2. The summed E-state index contributed by atoms with van der Waals surface area (Å²) in [5, 5.41) is 3.13. The number of halogens is 1. The van der Waals surface area contributed by atoms with Gasteiger partial charge in [-0.2, -0.15) is 4.99 Å². The van der Waals surface area contributed by atoms with Gasteiger partial charge in [0.2, 0.25) is 0 Å². The molecule has 0 spiro atoms. The van der Waals surface area contributed by atoms with E-state index in [1.54, 1.807) is 0 Å². The number of hydrogen-bond donors (Lipinski definition) is 0. The lowest BCUT2D eigenvalue weighted by Gasteiger charge is -2.24. The molecule has 2 aromatic rings. The maximum atomic E-state index is 12.4. The summed E-state index contributed by atoms with van der Waals surface area (Å²) < 4.78 is 24.1. The number of aliphatic imine (C=N–C) groups is 1. The summed E-state index contributed by atoms with van der Waals surface area (Å²) in [6.45, 7) is 0.506. The lowest BCUT2D eigenvalue weighted by atomic mass is 10.1. The molecule has 0 bridgehead atoms. The van der Waals surface area contributed by atoms with Crippen molar-refractivity contribution in [3.05, 3.63) is 57.2 Å². The molecule has 1 aromatic carbocycles. The Kier molecular flexibility index (Phi) is 5.33. The minimum Gasteiger partial charge on any atom is -0.342 e. The van der Waals surface area contributed by atoms with Crippen LogP contribution in [0.2, 0.25) is 5.02 Å². The topological polar surface area (TPSA) is 66.8 Å². The molecule has 9 heteroatoms. The van der Waals surface area contributed by atoms with Gasteiger partial charge in [-0.15, -0.1) is 11.3 Å². The van der Waals surface area contributed by atoms with E-state index in [0.29, 0.717) is 16.7 Å². The van der Waals surface area contributed by atoms with Crippen LogP contribution in [0.3, 0.4) is 0 Å². The van der Waals surface area contributed by atoms with Crippen LogP contribution in [0.4, 0.5) is 0 Å². The highest BCUT2D eigenvalue weighted by Crippen LogP contribution is 2.39. The van der Waals surface area contributed by atoms with E-state index in [9.17, 15) is 13.2 Å². The zero-order valence-corrected chi connectivity index (χ0v) is 17.5. The van der Waals surface area contributed by atoms with Crippen molar-refractivity contribution < 1.29 is 13.2 Å². The molecule has 2 saturated heterocycles. The molecule has 2 aliphatic rings. The van der Waals surface area contributed by atoms with Crippen molar-refractivity contribution in [2.75, 3.05) is 11.5 Å². The normalized spacial score (nSPS) is 25.1. The molecule has 0 saturated carbocycles. The molecule has 142 valence electrons. The second kappa shape index (κ2) is 7.58. The van der Waals surface area contributed by atoms with Crippen molar-refractivity contribution in [1.82, 2.24) is 4.90 Å². The van der Waals surface area contributed by atoms with Gasteiger partial charge in [0.25, 0.3) is 5.91 Å². The molecule has 27 heavy (non-hydrogen) atoms. The van der Waals surface area contributed by atoms with Crippen molar-refractivity contribution in [2.24, 2.45) is 4.99 Å². The monoisotopic (exact) mass is 440 g/mol. The van der Waals surface area contributed by atoms with Crippen LogP contribution in [0.5, 0.6) is 0 Å². The van der Waals surface area contributed by atoms with Crippen molar-refractivity contribution >= 4 is 55.6 Å². The summed E-state index contributed by atoms with van der Waals surface area (Å²) in [6.07, 6.45) is 0.268. The highest BCUT2D eigenvalue weighted by molar-refractivity contribution is 8.15. The molecule has 1 amide bonds. The third-order valence-corrected chi connectivity index (χ3v) is 8.94.